The highest BCUT2D eigenvalue weighted by Crippen LogP contribution is 2.47. The van der Waals surface area contributed by atoms with Crippen molar-refractivity contribution >= 4 is 39.3 Å². The fraction of sp³-hybridized carbons (Fsp3) is 0.304. The van der Waals surface area contributed by atoms with Crippen LogP contribution in [0.1, 0.15) is 28.8 Å². The molecule has 0 unspecified atom stereocenters. The first-order valence-corrected chi connectivity index (χ1v) is 10.9. The number of aromatic amines is 1. The second-order valence-corrected chi connectivity index (χ2v) is 9.24. The van der Waals surface area contributed by atoms with Gasteiger partial charge < -0.3 is 10.1 Å². The Morgan fingerprint density at radius 3 is 2.71 bits per heavy atom. The number of nitrogens with one attached hydrogen (secondary N) is 1. The number of benzene rings is 2. The maximum atomic E-state index is 13.4. The van der Waals surface area contributed by atoms with E-state index in [1.54, 1.807) is 24.3 Å². The largest absolute Gasteiger partial charge is 0.479 e. The second-order valence-electron chi connectivity index (χ2n) is 8.38. The quantitative estimate of drug-likeness (QED) is 0.500. The summed E-state index contributed by atoms with van der Waals surface area (Å²) in [4.78, 5) is 42.8. The highest BCUT2D eigenvalue weighted by atomic mass is 32.1. The second kappa shape index (κ2) is 6.88. The van der Waals surface area contributed by atoms with Crippen molar-refractivity contribution in [2.24, 2.45) is 5.92 Å². The highest BCUT2D eigenvalue weighted by molar-refractivity contribution is 7.07. The molecular weight excluding hydrogens is 414 g/mol. The molecular formula is C23H21N3O4S. The number of fused-ring (bicyclic) bond motifs is 2. The predicted molar refractivity (Wildman–Crippen MR) is 120 cm³/mol. The summed E-state index contributed by atoms with van der Waals surface area (Å²) in [5.41, 5.74) is 0.371. The van der Waals surface area contributed by atoms with Crippen molar-refractivity contribution in [1.29, 1.82) is 0 Å². The van der Waals surface area contributed by atoms with Crippen LogP contribution in [0.25, 0.3) is 21.8 Å². The lowest BCUT2D eigenvalue weighted by Crippen LogP contribution is -2.56. The summed E-state index contributed by atoms with van der Waals surface area (Å²) in [7, 11) is 0. The van der Waals surface area contributed by atoms with Gasteiger partial charge in [0.25, 0.3) is 5.56 Å². The van der Waals surface area contributed by atoms with Crippen LogP contribution in [0.4, 0.5) is 0 Å². The van der Waals surface area contributed by atoms with Gasteiger partial charge in [0.05, 0.1) is 16.4 Å². The highest BCUT2D eigenvalue weighted by Gasteiger charge is 2.55. The number of hydrogen-bond acceptors (Lipinski definition) is 5. The summed E-state index contributed by atoms with van der Waals surface area (Å²) in [6, 6.07) is 10.7. The van der Waals surface area contributed by atoms with Gasteiger partial charge in [0.2, 0.25) is 0 Å². The van der Waals surface area contributed by atoms with E-state index < -0.39 is 22.8 Å². The minimum absolute atomic E-state index is 0.0411. The summed E-state index contributed by atoms with van der Waals surface area (Å²) < 4.78 is 5.48. The van der Waals surface area contributed by atoms with E-state index in [0.29, 0.717) is 23.7 Å². The minimum atomic E-state index is -1.66. The fourth-order valence-corrected chi connectivity index (χ4v) is 5.73. The number of carboxylic acids is 1. The Bertz CT molecular complexity index is 1480. The van der Waals surface area contributed by atoms with Gasteiger partial charge in [0.15, 0.2) is 5.54 Å². The summed E-state index contributed by atoms with van der Waals surface area (Å²) in [5, 5.41) is 11.7. The number of carbonyl (C=O) groups is 1. The van der Waals surface area contributed by atoms with Crippen LogP contribution in [0.2, 0.25) is 0 Å². The average molecular weight is 436 g/mol. The molecule has 8 heteroatoms. The smallest absolute Gasteiger partial charge is 0.330 e. The summed E-state index contributed by atoms with van der Waals surface area (Å²) in [5.74, 6) is -1.46. The zero-order chi connectivity index (χ0) is 21.9. The number of aryl methyl sites for hydroxylation is 2. The van der Waals surface area contributed by atoms with Crippen LogP contribution in [0.5, 0.6) is 0 Å². The van der Waals surface area contributed by atoms with Crippen LogP contribution in [0.3, 0.4) is 0 Å². The SMILES string of the molecule is Cc1cc(C)c2c(C[C@](C(=O)O)(C3CC3)n3c(=O)[nH]c4ccccc4c3=O)snc2c1. The minimum Gasteiger partial charge on any atom is -0.479 e. The van der Waals surface area contributed by atoms with Gasteiger partial charge in [0, 0.05) is 16.7 Å². The normalized spacial score (nSPS) is 15.9. The number of aliphatic carboxylic acids is 1. The standard InChI is InChI=1S/C23H21N3O4S/c1-12-9-13(2)19-17(10-12)25-31-18(19)11-23(21(28)29,14-7-8-14)26-20(27)15-5-3-4-6-16(15)24-22(26)30/h3-6,9-10,14H,7-8,11H2,1-2H3,(H,24,30)(H,28,29)/t23-/m1/s1. The molecule has 1 atom stereocenters. The molecule has 1 aliphatic rings. The van der Waals surface area contributed by atoms with Crippen molar-refractivity contribution in [1.82, 2.24) is 13.9 Å². The topological polar surface area (TPSA) is 105 Å². The lowest BCUT2D eigenvalue weighted by Gasteiger charge is -2.31. The summed E-state index contributed by atoms with van der Waals surface area (Å²) in [6.07, 6.45) is 1.35. The molecule has 0 spiro atoms. The van der Waals surface area contributed by atoms with Crippen molar-refractivity contribution in [2.75, 3.05) is 0 Å². The molecule has 2 aromatic carbocycles. The predicted octanol–water partition coefficient (Wildman–Crippen LogP) is 3.35. The third-order valence-corrected chi connectivity index (χ3v) is 7.11. The van der Waals surface area contributed by atoms with Crippen molar-refractivity contribution < 1.29 is 9.90 Å². The van der Waals surface area contributed by atoms with Crippen molar-refractivity contribution in [3.05, 3.63) is 73.2 Å². The van der Waals surface area contributed by atoms with E-state index in [1.165, 1.54) is 11.5 Å². The van der Waals surface area contributed by atoms with Gasteiger partial charge in [0.1, 0.15) is 0 Å². The molecule has 4 aromatic rings. The molecule has 2 N–H and O–H groups in total. The first-order chi connectivity index (χ1) is 14.8. The average Bonchev–Trinajstić information content (AvgIpc) is 3.48. The van der Waals surface area contributed by atoms with Gasteiger partial charge >= 0.3 is 11.7 Å². The van der Waals surface area contributed by atoms with Crippen LogP contribution >= 0.6 is 11.5 Å². The molecule has 0 bridgehead atoms. The van der Waals surface area contributed by atoms with Crippen LogP contribution in [0, 0.1) is 19.8 Å². The lowest BCUT2D eigenvalue weighted by molar-refractivity contribution is -0.149. The maximum absolute atomic E-state index is 13.4. The first-order valence-electron chi connectivity index (χ1n) is 10.2. The zero-order valence-electron chi connectivity index (χ0n) is 17.1. The van der Waals surface area contributed by atoms with Crippen molar-refractivity contribution in [3.8, 4) is 0 Å². The molecule has 0 aliphatic heterocycles. The van der Waals surface area contributed by atoms with Crippen LogP contribution < -0.4 is 11.2 Å². The third kappa shape index (κ3) is 2.93. The number of H-pyrrole nitrogens is 1. The Hall–Kier alpha value is -3.26. The third-order valence-electron chi connectivity index (χ3n) is 6.25. The molecule has 31 heavy (non-hydrogen) atoms. The lowest BCUT2D eigenvalue weighted by atomic mass is 9.86. The molecule has 1 saturated carbocycles. The van der Waals surface area contributed by atoms with Crippen LogP contribution in [-0.2, 0) is 16.8 Å². The Balaban J connectivity index is 1.79. The molecule has 0 saturated heterocycles. The van der Waals surface area contributed by atoms with Gasteiger partial charge in [-0.1, -0.05) is 18.2 Å². The molecule has 7 nitrogen and oxygen atoms in total. The fourth-order valence-electron chi connectivity index (χ4n) is 4.73. The van der Waals surface area contributed by atoms with Gasteiger partial charge in [-0.2, -0.15) is 4.37 Å². The van der Waals surface area contributed by atoms with Gasteiger partial charge in [-0.15, -0.1) is 0 Å². The first kappa shape index (κ1) is 19.7. The molecule has 158 valence electrons. The van der Waals surface area contributed by atoms with Gasteiger partial charge in [-0.25, -0.2) is 14.2 Å². The number of aromatic nitrogens is 3. The number of para-hydroxylation sites is 1. The molecule has 1 fully saturated rings. The molecule has 1 aliphatic carbocycles. The van der Waals surface area contributed by atoms with E-state index in [2.05, 4.69) is 9.36 Å². The summed E-state index contributed by atoms with van der Waals surface area (Å²) >= 11 is 1.24. The van der Waals surface area contributed by atoms with Gasteiger partial charge in [-0.05, 0) is 73.5 Å². The van der Waals surface area contributed by atoms with E-state index in [0.717, 1.165) is 31.5 Å². The number of rotatable bonds is 5. The van der Waals surface area contributed by atoms with E-state index in [9.17, 15) is 19.5 Å². The van der Waals surface area contributed by atoms with Crippen LogP contribution in [0.15, 0.2) is 46.0 Å². The Labute approximate surface area is 181 Å². The zero-order valence-corrected chi connectivity index (χ0v) is 18.0. The maximum Gasteiger partial charge on any atom is 0.330 e. The van der Waals surface area contributed by atoms with Crippen molar-refractivity contribution in [3.63, 3.8) is 0 Å². The van der Waals surface area contributed by atoms with E-state index >= 15 is 0 Å². The summed E-state index contributed by atoms with van der Waals surface area (Å²) in [6.45, 7) is 3.97. The number of nitrogens with zero attached hydrogens (tertiary/aromatic N) is 2. The molecule has 0 amide bonds. The molecule has 2 heterocycles. The van der Waals surface area contributed by atoms with Crippen LogP contribution in [-0.4, -0.2) is 25.0 Å². The van der Waals surface area contributed by atoms with E-state index in [4.69, 9.17) is 0 Å². The Kier molecular flexibility index (Phi) is 4.37. The van der Waals surface area contributed by atoms with Crippen molar-refractivity contribution in [2.45, 2.75) is 38.6 Å². The Morgan fingerprint density at radius 2 is 2.00 bits per heavy atom. The molecule has 5 rings (SSSR count). The molecule has 2 aromatic heterocycles. The van der Waals surface area contributed by atoms with E-state index in [-0.39, 0.29) is 12.3 Å². The van der Waals surface area contributed by atoms with Gasteiger partial charge in [-0.3, -0.25) is 4.79 Å². The Morgan fingerprint density at radius 1 is 1.26 bits per heavy atom. The number of hydrogen-bond donors (Lipinski definition) is 2. The number of carboxylic acid groups (broad SMARTS) is 1. The van der Waals surface area contributed by atoms with E-state index in [1.807, 2.05) is 26.0 Å². The molecule has 0 radical (unpaired) electrons. The monoisotopic (exact) mass is 435 g/mol.